The fourth-order valence-corrected chi connectivity index (χ4v) is 2.97. The van der Waals surface area contributed by atoms with E-state index in [-0.39, 0.29) is 11.3 Å². The lowest BCUT2D eigenvalue weighted by atomic mass is 10.1. The van der Waals surface area contributed by atoms with E-state index in [0.29, 0.717) is 0 Å². The van der Waals surface area contributed by atoms with Gasteiger partial charge in [0.15, 0.2) is 0 Å². The summed E-state index contributed by atoms with van der Waals surface area (Å²) in [4.78, 5) is 11.5. The maximum atomic E-state index is 13.8. The number of hydrogen-bond acceptors (Lipinski definition) is 3. The lowest BCUT2D eigenvalue weighted by molar-refractivity contribution is -0.137. The standard InChI is InChI=1S/C16H14F4N2O3S/c1-22(2)26(24,25)14-9-10(3-8-13(14)17)15(23)21-12-6-4-11(5-7-12)16(18,19)20/h3-9H,1-2H3,(H,21,23). The van der Waals surface area contributed by atoms with Crippen LogP contribution in [-0.2, 0) is 16.2 Å². The van der Waals surface area contributed by atoms with Gasteiger partial charge >= 0.3 is 6.18 Å². The van der Waals surface area contributed by atoms with Gasteiger partial charge < -0.3 is 5.32 Å². The topological polar surface area (TPSA) is 66.5 Å². The van der Waals surface area contributed by atoms with Crippen molar-refractivity contribution < 1.29 is 30.8 Å². The van der Waals surface area contributed by atoms with Gasteiger partial charge in [-0.25, -0.2) is 17.1 Å². The number of halogens is 4. The normalized spacial score (nSPS) is 12.3. The van der Waals surface area contributed by atoms with Gasteiger partial charge in [-0.1, -0.05) is 0 Å². The van der Waals surface area contributed by atoms with Crippen LogP contribution in [0.25, 0.3) is 0 Å². The van der Waals surface area contributed by atoms with Crippen LogP contribution in [0.3, 0.4) is 0 Å². The van der Waals surface area contributed by atoms with Gasteiger partial charge in [0.1, 0.15) is 10.7 Å². The van der Waals surface area contributed by atoms with E-state index in [9.17, 15) is 30.8 Å². The number of nitrogens with one attached hydrogen (secondary N) is 1. The highest BCUT2D eigenvalue weighted by atomic mass is 32.2. The molecule has 0 aromatic heterocycles. The largest absolute Gasteiger partial charge is 0.416 e. The quantitative estimate of drug-likeness (QED) is 0.815. The van der Waals surface area contributed by atoms with Crippen molar-refractivity contribution >= 4 is 21.6 Å². The van der Waals surface area contributed by atoms with E-state index in [4.69, 9.17) is 0 Å². The first-order chi connectivity index (χ1) is 11.9. The second-order valence-electron chi connectivity index (χ2n) is 5.46. The molecule has 0 bridgehead atoms. The van der Waals surface area contributed by atoms with Crippen molar-refractivity contribution in [3.63, 3.8) is 0 Å². The highest BCUT2D eigenvalue weighted by Gasteiger charge is 2.30. The van der Waals surface area contributed by atoms with E-state index in [2.05, 4.69) is 5.32 Å². The third kappa shape index (κ3) is 4.20. The Hall–Kier alpha value is -2.46. The van der Waals surface area contributed by atoms with Gasteiger partial charge in [0.05, 0.1) is 5.56 Å². The first kappa shape index (κ1) is 19.9. The predicted octanol–water partition coefficient (Wildman–Crippen LogP) is 3.35. The smallest absolute Gasteiger partial charge is 0.322 e. The number of rotatable bonds is 4. The van der Waals surface area contributed by atoms with E-state index in [1.54, 1.807) is 0 Å². The summed E-state index contributed by atoms with van der Waals surface area (Å²) in [5.41, 5.74) is -0.965. The van der Waals surface area contributed by atoms with Crippen molar-refractivity contribution in [2.45, 2.75) is 11.1 Å². The zero-order valence-electron chi connectivity index (χ0n) is 13.6. The van der Waals surface area contributed by atoms with Crippen LogP contribution >= 0.6 is 0 Å². The molecule has 0 saturated carbocycles. The summed E-state index contributed by atoms with van der Waals surface area (Å²) < 4.78 is 76.3. The SMILES string of the molecule is CN(C)S(=O)(=O)c1cc(C(=O)Nc2ccc(C(F)(F)F)cc2)ccc1F. The molecule has 26 heavy (non-hydrogen) atoms. The first-order valence-corrected chi connectivity index (χ1v) is 8.57. The molecule has 0 unspecified atom stereocenters. The van der Waals surface area contributed by atoms with E-state index >= 15 is 0 Å². The molecule has 0 heterocycles. The summed E-state index contributed by atoms with van der Waals surface area (Å²) >= 11 is 0. The van der Waals surface area contributed by atoms with Crippen LogP contribution in [0, 0.1) is 5.82 Å². The fourth-order valence-electron chi connectivity index (χ4n) is 1.98. The number of anilines is 1. The first-order valence-electron chi connectivity index (χ1n) is 7.13. The molecular formula is C16H14F4N2O3S. The average Bonchev–Trinajstić information content (AvgIpc) is 2.54. The molecule has 140 valence electrons. The molecule has 10 heteroatoms. The number of nitrogens with zero attached hydrogens (tertiary/aromatic N) is 1. The lowest BCUT2D eigenvalue weighted by Crippen LogP contribution is -2.24. The minimum atomic E-state index is -4.51. The van der Waals surface area contributed by atoms with Crippen molar-refractivity contribution in [3.8, 4) is 0 Å². The summed E-state index contributed by atoms with van der Waals surface area (Å²) in [6, 6.07) is 6.47. The summed E-state index contributed by atoms with van der Waals surface area (Å²) in [6.07, 6.45) is -4.51. The van der Waals surface area contributed by atoms with Crippen LogP contribution in [0.5, 0.6) is 0 Å². The van der Waals surface area contributed by atoms with Crippen molar-refractivity contribution in [2.75, 3.05) is 19.4 Å². The number of benzene rings is 2. The monoisotopic (exact) mass is 390 g/mol. The molecule has 0 saturated heterocycles. The van der Waals surface area contributed by atoms with Crippen molar-refractivity contribution in [1.29, 1.82) is 0 Å². The second kappa shape index (κ2) is 7.04. The summed E-state index contributed by atoms with van der Waals surface area (Å²) in [6.45, 7) is 0. The van der Waals surface area contributed by atoms with E-state index in [1.165, 1.54) is 14.1 Å². The van der Waals surface area contributed by atoms with Crippen LogP contribution in [0.2, 0.25) is 0 Å². The predicted molar refractivity (Wildman–Crippen MR) is 86.7 cm³/mol. The fraction of sp³-hybridized carbons (Fsp3) is 0.188. The number of sulfonamides is 1. The molecular weight excluding hydrogens is 376 g/mol. The summed E-state index contributed by atoms with van der Waals surface area (Å²) in [7, 11) is -1.68. The number of alkyl halides is 3. The Bertz CT molecular complexity index is 924. The van der Waals surface area contributed by atoms with Crippen molar-refractivity contribution in [3.05, 3.63) is 59.4 Å². The van der Waals surface area contributed by atoms with Gasteiger partial charge in [0, 0.05) is 25.3 Å². The van der Waals surface area contributed by atoms with Crippen LogP contribution in [0.4, 0.5) is 23.2 Å². The molecule has 2 aromatic rings. The molecule has 0 fully saturated rings. The highest BCUT2D eigenvalue weighted by molar-refractivity contribution is 7.89. The Labute approximate surface area is 147 Å². The van der Waals surface area contributed by atoms with Crippen LogP contribution in [0.1, 0.15) is 15.9 Å². The molecule has 5 nitrogen and oxygen atoms in total. The number of carbonyl (C=O) groups excluding carboxylic acids is 1. The number of amides is 1. The molecule has 0 aliphatic carbocycles. The molecule has 0 atom stereocenters. The molecule has 0 spiro atoms. The second-order valence-corrected chi connectivity index (χ2v) is 7.58. The molecule has 1 N–H and O–H groups in total. The van der Waals surface area contributed by atoms with Gasteiger partial charge in [-0.15, -0.1) is 0 Å². The maximum absolute atomic E-state index is 13.8. The average molecular weight is 390 g/mol. The molecule has 2 aromatic carbocycles. The van der Waals surface area contributed by atoms with E-state index < -0.39 is 38.4 Å². The Balaban J connectivity index is 2.28. The molecule has 0 aliphatic rings. The van der Waals surface area contributed by atoms with Crippen molar-refractivity contribution in [2.24, 2.45) is 0 Å². The Morgan fingerprint density at radius 1 is 1.04 bits per heavy atom. The van der Waals surface area contributed by atoms with Gasteiger partial charge in [0.2, 0.25) is 10.0 Å². The molecule has 0 aliphatic heterocycles. The van der Waals surface area contributed by atoms with Gasteiger partial charge in [-0.05, 0) is 42.5 Å². The van der Waals surface area contributed by atoms with E-state index in [0.717, 1.165) is 46.8 Å². The Morgan fingerprint density at radius 2 is 1.62 bits per heavy atom. The zero-order valence-corrected chi connectivity index (χ0v) is 14.5. The highest BCUT2D eigenvalue weighted by Crippen LogP contribution is 2.30. The molecule has 0 radical (unpaired) electrons. The van der Waals surface area contributed by atoms with Crippen LogP contribution < -0.4 is 5.32 Å². The Morgan fingerprint density at radius 3 is 2.12 bits per heavy atom. The molecule has 2 rings (SSSR count). The minimum Gasteiger partial charge on any atom is -0.322 e. The zero-order chi connectivity index (χ0) is 19.7. The van der Waals surface area contributed by atoms with Gasteiger partial charge in [-0.2, -0.15) is 13.2 Å². The third-order valence-electron chi connectivity index (χ3n) is 3.42. The summed E-state index contributed by atoms with van der Waals surface area (Å²) in [5.74, 6) is -1.82. The summed E-state index contributed by atoms with van der Waals surface area (Å²) in [5, 5.41) is 2.33. The van der Waals surface area contributed by atoms with E-state index in [1.807, 2.05) is 0 Å². The third-order valence-corrected chi connectivity index (χ3v) is 5.25. The van der Waals surface area contributed by atoms with Crippen molar-refractivity contribution in [1.82, 2.24) is 4.31 Å². The van der Waals surface area contributed by atoms with Crippen LogP contribution in [0.15, 0.2) is 47.4 Å². The lowest BCUT2D eigenvalue weighted by Gasteiger charge is -2.13. The van der Waals surface area contributed by atoms with Gasteiger partial charge in [0.25, 0.3) is 5.91 Å². The van der Waals surface area contributed by atoms with Gasteiger partial charge in [-0.3, -0.25) is 4.79 Å². The maximum Gasteiger partial charge on any atom is 0.416 e. The molecule has 1 amide bonds. The minimum absolute atomic E-state index is 0.0735. The number of carbonyl (C=O) groups is 1. The van der Waals surface area contributed by atoms with Crippen LogP contribution in [-0.4, -0.2) is 32.7 Å². The Kier molecular flexibility index (Phi) is 5.38. The number of hydrogen-bond donors (Lipinski definition) is 1.